The zero-order valence-corrected chi connectivity index (χ0v) is 15.6. The topological polar surface area (TPSA) is 99.3 Å². The second kappa shape index (κ2) is 6.66. The number of nitrogens with one attached hydrogen (secondary N) is 1. The molecule has 0 saturated carbocycles. The number of benzene rings is 1. The van der Waals surface area contributed by atoms with Crippen molar-refractivity contribution in [2.45, 2.75) is 4.90 Å². The van der Waals surface area contributed by atoms with Crippen molar-refractivity contribution in [1.29, 1.82) is 0 Å². The third-order valence-electron chi connectivity index (χ3n) is 4.71. The molecule has 0 aliphatic carbocycles. The van der Waals surface area contributed by atoms with Crippen LogP contribution in [0, 0.1) is 0 Å². The van der Waals surface area contributed by atoms with Crippen molar-refractivity contribution >= 4 is 32.6 Å². The minimum Gasteiger partial charge on any atom is -0.352 e. The minimum absolute atomic E-state index is 0.155. The van der Waals surface area contributed by atoms with Crippen LogP contribution in [0.15, 0.2) is 47.8 Å². The quantitative estimate of drug-likeness (QED) is 0.730. The fourth-order valence-electron chi connectivity index (χ4n) is 3.27. The lowest BCUT2D eigenvalue weighted by atomic mass is 10.2. The Morgan fingerprint density at radius 3 is 2.63 bits per heavy atom. The Morgan fingerprint density at radius 2 is 1.89 bits per heavy atom. The van der Waals surface area contributed by atoms with Crippen LogP contribution in [0.2, 0.25) is 0 Å². The minimum atomic E-state index is -3.35. The summed E-state index contributed by atoms with van der Waals surface area (Å²) in [4.78, 5) is 28.5. The molecular weight excluding hydrogens is 366 g/mol. The summed E-state index contributed by atoms with van der Waals surface area (Å²) < 4.78 is 23.4. The normalized spacial score (nSPS) is 15.3. The Labute approximate surface area is 156 Å². The van der Waals surface area contributed by atoms with Crippen molar-refractivity contribution in [2.75, 3.05) is 37.3 Å². The maximum absolute atomic E-state index is 12.8. The third kappa shape index (κ3) is 3.37. The maximum Gasteiger partial charge on any atom is 0.254 e. The SMILES string of the molecule is CS(=O)(=O)c1cccc(C(=O)N2CCN(c3ncnc4[nH]ccc34)CC2)c1. The highest BCUT2D eigenvalue weighted by atomic mass is 32.2. The first kappa shape index (κ1) is 17.5. The van der Waals surface area contributed by atoms with E-state index in [1.54, 1.807) is 17.0 Å². The fourth-order valence-corrected chi connectivity index (χ4v) is 3.94. The van der Waals surface area contributed by atoms with E-state index in [2.05, 4.69) is 19.9 Å². The number of hydrogen-bond donors (Lipinski definition) is 1. The molecule has 1 aliphatic rings. The molecular formula is C18H19N5O3S. The molecule has 1 saturated heterocycles. The van der Waals surface area contributed by atoms with Gasteiger partial charge in [-0.15, -0.1) is 0 Å². The van der Waals surface area contributed by atoms with Gasteiger partial charge in [0.1, 0.15) is 17.8 Å². The molecule has 8 nitrogen and oxygen atoms in total. The summed E-state index contributed by atoms with van der Waals surface area (Å²) in [6.07, 6.45) is 4.50. The molecule has 0 unspecified atom stereocenters. The van der Waals surface area contributed by atoms with Crippen LogP contribution in [0.5, 0.6) is 0 Å². The highest BCUT2D eigenvalue weighted by Crippen LogP contribution is 2.23. The van der Waals surface area contributed by atoms with Gasteiger partial charge in [-0.2, -0.15) is 0 Å². The molecule has 0 spiro atoms. The van der Waals surface area contributed by atoms with Gasteiger partial charge in [-0.25, -0.2) is 18.4 Å². The van der Waals surface area contributed by atoms with Crippen molar-refractivity contribution in [1.82, 2.24) is 19.9 Å². The molecule has 4 rings (SSSR count). The number of sulfone groups is 1. The van der Waals surface area contributed by atoms with Crippen molar-refractivity contribution < 1.29 is 13.2 Å². The number of nitrogens with zero attached hydrogens (tertiary/aromatic N) is 4. The largest absolute Gasteiger partial charge is 0.352 e. The number of piperazine rings is 1. The van der Waals surface area contributed by atoms with Gasteiger partial charge in [0.15, 0.2) is 9.84 Å². The van der Waals surface area contributed by atoms with E-state index in [9.17, 15) is 13.2 Å². The molecule has 1 aliphatic heterocycles. The van der Waals surface area contributed by atoms with Gasteiger partial charge in [0.05, 0.1) is 10.3 Å². The van der Waals surface area contributed by atoms with E-state index in [1.807, 2.05) is 12.3 Å². The predicted molar refractivity (Wildman–Crippen MR) is 102 cm³/mol. The van der Waals surface area contributed by atoms with Crippen LogP contribution in [0.25, 0.3) is 11.0 Å². The molecule has 140 valence electrons. The monoisotopic (exact) mass is 385 g/mol. The van der Waals surface area contributed by atoms with Crippen LogP contribution >= 0.6 is 0 Å². The first-order valence-electron chi connectivity index (χ1n) is 8.56. The predicted octanol–water partition coefficient (Wildman–Crippen LogP) is 1.32. The third-order valence-corrected chi connectivity index (χ3v) is 5.82. The van der Waals surface area contributed by atoms with Crippen molar-refractivity contribution in [3.8, 4) is 0 Å². The van der Waals surface area contributed by atoms with E-state index < -0.39 is 9.84 Å². The lowest BCUT2D eigenvalue weighted by molar-refractivity contribution is 0.0746. The van der Waals surface area contributed by atoms with E-state index in [1.165, 1.54) is 18.5 Å². The fraction of sp³-hybridized carbons (Fsp3) is 0.278. The standard InChI is InChI=1S/C18H19N5O3S/c1-27(25,26)14-4-2-3-13(11-14)18(24)23-9-7-22(8-10-23)17-15-5-6-19-16(15)20-12-21-17/h2-6,11-12H,7-10H2,1H3,(H,19,20,21). The molecule has 1 fully saturated rings. The molecule has 1 aromatic carbocycles. The summed E-state index contributed by atoms with van der Waals surface area (Å²) in [5, 5.41) is 0.957. The Bertz CT molecular complexity index is 1100. The Morgan fingerprint density at radius 1 is 1.11 bits per heavy atom. The van der Waals surface area contributed by atoms with E-state index in [0.29, 0.717) is 31.7 Å². The summed E-state index contributed by atoms with van der Waals surface area (Å²) >= 11 is 0. The van der Waals surface area contributed by atoms with Crippen LogP contribution in [0.3, 0.4) is 0 Å². The first-order chi connectivity index (χ1) is 12.9. The van der Waals surface area contributed by atoms with Gasteiger partial charge < -0.3 is 14.8 Å². The molecule has 0 radical (unpaired) electrons. The number of aromatic amines is 1. The summed E-state index contributed by atoms with van der Waals surface area (Å²) in [5.74, 6) is 0.696. The smallest absolute Gasteiger partial charge is 0.254 e. The van der Waals surface area contributed by atoms with Gasteiger partial charge >= 0.3 is 0 Å². The van der Waals surface area contributed by atoms with Crippen molar-refractivity contribution in [3.63, 3.8) is 0 Å². The Hall–Kier alpha value is -2.94. The lowest BCUT2D eigenvalue weighted by Crippen LogP contribution is -2.49. The Kier molecular flexibility index (Phi) is 4.31. The number of anilines is 1. The number of aromatic nitrogens is 3. The second-order valence-corrected chi connectivity index (χ2v) is 8.53. The first-order valence-corrected chi connectivity index (χ1v) is 10.4. The molecule has 3 heterocycles. The van der Waals surface area contributed by atoms with Crippen molar-refractivity contribution in [3.05, 3.63) is 48.4 Å². The Balaban J connectivity index is 1.49. The summed E-state index contributed by atoms with van der Waals surface area (Å²) in [7, 11) is -3.35. The molecule has 3 aromatic rings. The van der Waals surface area contributed by atoms with E-state index in [4.69, 9.17) is 0 Å². The highest BCUT2D eigenvalue weighted by Gasteiger charge is 2.24. The van der Waals surface area contributed by atoms with E-state index in [0.717, 1.165) is 23.1 Å². The summed E-state index contributed by atoms with van der Waals surface area (Å²) in [6, 6.07) is 8.14. The summed E-state index contributed by atoms with van der Waals surface area (Å²) in [5.41, 5.74) is 1.18. The number of carbonyl (C=O) groups excluding carboxylic acids is 1. The zero-order valence-electron chi connectivity index (χ0n) is 14.8. The number of hydrogen-bond acceptors (Lipinski definition) is 6. The van der Waals surface area contributed by atoms with Crippen molar-refractivity contribution in [2.24, 2.45) is 0 Å². The number of rotatable bonds is 3. The molecule has 2 aromatic heterocycles. The van der Waals surface area contributed by atoms with Crippen LogP contribution in [-0.2, 0) is 9.84 Å². The molecule has 1 amide bonds. The zero-order chi connectivity index (χ0) is 19.0. The molecule has 27 heavy (non-hydrogen) atoms. The van der Waals surface area contributed by atoms with Gasteiger partial charge in [0.25, 0.3) is 5.91 Å². The van der Waals surface area contributed by atoms with E-state index >= 15 is 0 Å². The highest BCUT2D eigenvalue weighted by molar-refractivity contribution is 7.90. The van der Waals surface area contributed by atoms with Gasteiger partial charge in [-0.1, -0.05) is 6.07 Å². The van der Waals surface area contributed by atoms with E-state index in [-0.39, 0.29) is 10.8 Å². The number of amides is 1. The summed E-state index contributed by atoms with van der Waals surface area (Å²) in [6.45, 7) is 2.37. The molecule has 9 heteroatoms. The molecule has 0 bridgehead atoms. The van der Waals surface area contributed by atoms with Crippen LogP contribution in [-0.4, -0.2) is 66.6 Å². The molecule has 0 atom stereocenters. The van der Waals surface area contributed by atoms with Crippen LogP contribution < -0.4 is 4.90 Å². The van der Waals surface area contributed by atoms with Gasteiger partial charge in [0.2, 0.25) is 0 Å². The van der Waals surface area contributed by atoms with Gasteiger partial charge in [-0.05, 0) is 24.3 Å². The lowest BCUT2D eigenvalue weighted by Gasteiger charge is -2.35. The second-order valence-electron chi connectivity index (χ2n) is 6.52. The number of carbonyl (C=O) groups is 1. The van der Waals surface area contributed by atoms with Gasteiger partial charge in [0, 0.05) is 44.2 Å². The number of H-pyrrole nitrogens is 1. The van der Waals surface area contributed by atoms with Crippen LogP contribution in [0.1, 0.15) is 10.4 Å². The number of fused-ring (bicyclic) bond motifs is 1. The average molecular weight is 385 g/mol. The van der Waals surface area contributed by atoms with Crippen LogP contribution in [0.4, 0.5) is 5.82 Å². The average Bonchev–Trinajstić information content (AvgIpc) is 3.16. The van der Waals surface area contributed by atoms with Gasteiger partial charge in [-0.3, -0.25) is 4.79 Å². The maximum atomic E-state index is 12.8. The molecule has 1 N–H and O–H groups in total.